The number of hydrogen-bond acceptors (Lipinski definition) is 0. The van der Waals surface area contributed by atoms with E-state index < -0.39 is 25.9 Å². The van der Waals surface area contributed by atoms with Crippen molar-refractivity contribution in [3.05, 3.63) is 171 Å². The van der Waals surface area contributed by atoms with Crippen LogP contribution in [0.15, 0.2) is 126 Å². The monoisotopic (exact) mass is 919 g/mol. The molecule has 0 saturated carbocycles. The molecule has 0 N–H and O–H groups in total. The molecule has 1 heterocycles. The maximum atomic E-state index is 9.43. The third-order valence-electron chi connectivity index (χ3n) is 14.2. The first-order chi connectivity index (χ1) is 28.9. The van der Waals surface area contributed by atoms with E-state index in [-0.39, 0.29) is 7.25 Å². The van der Waals surface area contributed by atoms with Gasteiger partial charge in [-0.2, -0.15) is 0 Å². The van der Waals surface area contributed by atoms with Crippen molar-refractivity contribution < 1.29 is 16.4 Å². The number of benzene rings is 6. The third-order valence-corrected chi connectivity index (χ3v) is 37.0. The summed E-state index contributed by atoms with van der Waals surface area (Å²) in [6.07, 6.45) is 9.13. The fourth-order valence-electron chi connectivity index (χ4n) is 11.8. The molecule has 0 bridgehead atoms. The van der Waals surface area contributed by atoms with Crippen LogP contribution in [0.5, 0.6) is 0 Å². The van der Waals surface area contributed by atoms with E-state index in [2.05, 4.69) is 183 Å². The fraction of sp³-hybridized carbons (Fsp3) is 0.286. The van der Waals surface area contributed by atoms with E-state index in [0.717, 1.165) is 25.7 Å². The van der Waals surface area contributed by atoms with Crippen molar-refractivity contribution in [2.75, 3.05) is 0 Å². The van der Waals surface area contributed by atoms with E-state index in [1.54, 1.807) is 0 Å². The van der Waals surface area contributed by atoms with Gasteiger partial charge < -0.3 is 0 Å². The van der Waals surface area contributed by atoms with Crippen molar-refractivity contribution >= 4 is 52.3 Å². The van der Waals surface area contributed by atoms with Crippen LogP contribution in [0.1, 0.15) is 131 Å². The topological polar surface area (TPSA) is 0 Å². The van der Waals surface area contributed by atoms with Crippen molar-refractivity contribution in [2.24, 2.45) is 0 Å². The molecule has 0 fully saturated rings. The molecule has 0 nitrogen and oxygen atoms in total. The normalized spacial score (nSPS) is 17.6. The summed E-state index contributed by atoms with van der Waals surface area (Å²) in [4.78, 5) is 0. The van der Waals surface area contributed by atoms with Crippen molar-refractivity contribution in [3.63, 3.8) is 0 Å². The summed E-state index contributed by atoms with van der Waals surface area (Å²) in [5.74, 6) is 0.791. The van der Waals surface area contributed by atoms with Gasteiger partial charge in [-0.25, -0.2) is 0 Å². The molecule has 3 aliphatic rings. The quantitative estimate of drug-likeness (QED) is 0.113. The van der Waals surface area contributed by atoms with Gasteiger partial charge in [0, 0.05) is 0 Å². The van der Waals surface area contributed by atoms with Crippen molar-refractivity contribution in [1.29, 1.82) is 0 Å². The second kappa shape index (κ2) is 16.0. The van der Waals surface area contributed by atoms with Crippen LogP contribution in [0.4, 0.5) is 0 Å². The Hall–Kier alpha value is -3.52. The maximum absolute atomic E-state index is 9.43. The van der Waals surface area contributed by atoms with Crippen molar-refractivity contribution in [2.45, 2.75) is 100 Å². The summed E-state index contributed by atoms with van der Waals surface area (Å²) in [7, 11) is 18.0. The summed E-state index contributed by atoms with van der Waals surface area (Å²) >= 11 is -5.65. The second-order valence-electron chi connectivity index (χ2n) is 18.6. The third kappa shape index (κ3) is 6.45. The Bertz CT molecular complexity index is 2610. The van der Waals surface area contributed by atoms with Crippen molar-refractivity contribution in [3.8, 4) is 33.4 Å². The molecule has 0 spiro atoms. The first-order valence-corrected chi connectivity index (χ1v) is 34.3. The summed E-state index contributed by atoms with van der Waals surface area (Å²) < 4.78 is 1.15. The Morgan fingerprint density at radius 2 is 0.983 bits per heavy atom. The van der Waals surface area contributed by atoms with Gasteiger partial charge in [0.1, 0.15) is 0 Å². The number of aryl methyl sites for hydroxylation is 2. The fourth-order valence-corrected chi connectivity index (χ4v) is 39.7. The Balaban J connectivity index is 1.39. The molecule has 6 aromatic rings. The van der Waals surface area contributed by atoms with Crippen molar-refractivity contribution in [1.82, 2.24) is 0 Å². The molecule has 0 aromatic heterocycles. The van der Waals surface area contributed by atoms with Crippen LogP contribution < -0.4 is 13.6 Å². The van der Waals surface area contributed by atoms with Crippen LogP contribution in [0.3, 0.4) is 0 Å². The summed E-state index contributed by atoms with van der Waals surface area (Å²) in [6, 6.07) is 43.9. The SMILES string of the molecule is CCCC1=Cc2c(ccc(C)c2-c2ccccc2C(C)C)[CH]1[Zr]([Cl])([Cl])([c]1cccc2c1[SiH2]c1ccccc1-2)[CH]1C(CCC)=Cc2c1ccc(C)c2-c1ccccc1C(C)C. The van der Waals surface area contributed by atoms with E-state index in [9.17, 15) is 17.0 Å². The van der Waals surface area contributed by atoms with Gasteiger partial charge in [-0.05, 0) is 0 Å². The van der Waals surface area contributed by atoms with E-state index >= 15 is 0 Å². The van der Waals surface area contributed by atoms with Gasteiger partial charge in [0.15, 0.2) is 0 Å². The van der Waals surface area contributed by atoms with Gasteiger partial charge in [0.05, 0.1) is 0 Å². The average molecular weight is 922 g/mol. The molecule has 0 saturated heterocycles. The van der Waals surface area contributed by atoms with Crippen LogP contribution in [0.2, 0.25) is 0 Å². The predicted octanol–water partition coefficient (Wildman–Crippen LogP) is 14.5. The molecular weight excluding hydrogens is 863 g/mol. The Morgan fingerprint density at radius 1 is 0.533 bits per heavy atom. The standard InChI is InChI=1S/2C22H25.C12H9Si.2ClH.Zr/c2*1-5-8-17-13-18-12-11-16(4)22(21(18)14-17)20-10-7-6-9-19(20)15(2)3;1-3-7-11-9(5-1)10-6-2-4-8-12(10)13-11;;;/h2*6-7,9-15H,5,8H2,1-4H3;1-7H,13H2;2*1H;/q;;;;;+2/p-2. The van der Waals surface area contributed by atoms with Crippen LogP contribution in [0.25, 0.3) is 45.5 Å². The first-order valence-electron chi connectivity index (χ1n) is 22.5. The van der Waals surface area contributed by atoms with E-state index in [1.807, 2.05) is 0 Å². The van der Waals surface area contributed by atoms with Gasteiger partial charge in [-0.15, -0.1) is 0 Å². The van der Waals surface area contributed by atoms with E-state index in [1.165, 1.54) is 103 Å². The minimum absolute atomic E-state index is 0.0802. The molecule has 1 aliphatic heterocycles. The van der Waals surface area contributed by atoms with E-state index in [4.69, 9.17) is 0 Å². The molecule has 6 aromatic carbocycles. The van der Waals surface area contributed by atoms with Crippen LogP contribution in [-0.2, 0) is 16.4 Å². The Morgan fingerprint density at radius 3 is 1.47 bits per heavy atom. The van der Waals surface area contributed by atoms with Gasteiger partial charge in [-0.1, -0.05) is 0 Å². The van der Waals surface area contributed by atoms with E-state index in [0.29, 0.717) is 11.8 Å². The van der Waals surface area contributed by atoms with Gasteiger partial charge in [0.25, 0.3) is 0 Å². The average Bonchev–Trinajstić information content (AvgIpc) is 3.93. The van der Waals surface area contributed by atoms with Gasteiger partial charge >= 0.3 is 373 Å². The molecule has 4 heteroatoms. The summed E-state index contributed by atoms with van der Waals surface area (Å²) in [5, 5.41) is 2.99. The summed E-state index contributed by atoms with van der Waals surface area (Å²) in [5.41, 5.74) is 21.7. The molecule has 60 heavy (non-hydrogen) atoms. The second-order valence-corrected chi connectivity index (χ2v) is 41.1. The molecule has 2 unspecified atom stereocenters. The molecule has 305 valence electrons. The van der Waals surface area contributed by atoms with Crippen LogP contribution in [0, 0.1) is 13.8 Å². The predicted molar refractivity (Wildman–Crippen MR) is 264 cm³/mol. The van der Waals surface area contributed by atoms with Crippen LogP contribution >= 0.6 is 17.0 Å². The van der Waals surface area contributed by atoms with Crippen LogP contribution in [-0.4, -0.2) is 9.52 Å². The molecule has 0 amide bonds. The minimum atomic E-state index is -5.65. The summed E-state index contributed by atoms with van der Waals surface area (Å²) in [6.45, 7) is 18.5. The number of halogens is 2. The van der Waals surface area contributed by atoms with Gasteiger partial charge in [-0.3, -0.25) is 0 Å². The molecule has 0 radical (unpaired) electrons. The molecule has 2 atom stereocenters. The van der Waals surface area contributed by atoms with Gasteiger partial charge in [0.2, 0.25) is 0 Å². The zero-order chi connectivity index (χ0) is 42.1. The number of allylic oxidation sites excluding steroid dienone is 2. The molecular formula is C56H59Cl2SiZr. The number of hydrogen-bond donors (Lipinski definition) is 0. The molecule has 9 rings (SSSR count). The zero-order valence-electron chi connectivity index (χ0n) is 36.7. The Labute approximate surface area is 370 Å². The molecule has 2 aliphatic carbocycles. The Kier molecular flexibility index (Phi) is 11.1. The first kappa shape index (κ1) is 41.8. The number of rotatable bonds is 11. The zero-order valence-corrected chi connectivity index (χ0v) is 42.1. The number of fused-ring (bicyclic) bond motifs is 5.